The van der Waals surface area contributed by atoms with Gasteiger partial charge in [-0.05, 0) is 31.0 Å². The SMILES string of the molecule is C[C@H](c1nc(C(=O)Nc2cnoc2)c(O)c(=O)n1C)[C@H](c1cnn(CC(C)(C)O)c1)c1ccccc1C#N. The molecule has 4 aromatic rings. The summed E-state index contributed by atoms with van der Waals surface area (Å²) in [5.41, 5.74) is -0.237. The molecule has 0 saturated heterocycles. The molecule has 12 nitrogen and oxygen atoms in total. The van der Waals surface area contributed by atoms with Crippen molar-refractivity contribution < 1.29 is 19.5 Å². The lowest BCUT2D eigenvalue weighted by Crippen LogP contribution is -2.29. The van der Waals surface area contributed by atoms with Gasteiger partial charge in [0.25, 0.3) is 11.5 Å². The van der Waals surface area contributed by atoms with Crippen molar-refractivity contribution in [3.05, 3.63) is 87.7 Å². The van der Waals surface area contributed by atoms with Crippen LogP contribution in [0.15, 0.2) is 58.4 Å². The molecule has 0 aliphatic heterocycles. The molecule has 0 spiro atoms. The smallest absolute Gasteiger partial charge is 0.296 e. The van der Waals surface area contributed by atoms with Crippen LogP contribution in [0.5, 0.6) is 5.75 Å². The molecule has 0 unspecified atom stereocenters. The summed E-state index contributed by atoms with van der Waals surface area (Å²) in [7, 11) is 1.45. The Balaban J connectivity index is 1.84. The Kier molecular flexibility index (Phi) is 7.14. The largest absolute Gasteiger partial charge is 0.501 e. The molecule has 0 bridgehead atoms. The van der Waals surface area contributed by atoms with Crippen LogP contribution in [-0.2, 0) is 13.6 Å². The minimum absolute atomic E-state index is 0.205. The molecule has 1 aromatic carbocycles. The highest BCUT2D eigenvalue weighted by molar-refractivity contribution is 6.04. The number of carbonyl (C=O) groups is 1. The number of aromatic nitrogens is 5. The third-order valence-corrected chi connectivity index (χ3v) is 6.09. The van der Waals surface area contributed by atoms with Crippen molar-refractivity contribution in [1.82, 2.24) is 24.5 Å². The van der Waals surface area contributed by atoms with E-state index in [0.29, 0.717) is 16.7 Å². The van der Waals surface area contributed by atoms with E-state index in [-0.39, 0.29) is 18.1 Å². The van der Waals surface area contributed by atoms with Gasteiger partial charge in [0.1, 0.15) is 17.8 Å². The van der Waals surface area contributed by atoms with Gasteiger partial charge in [0.2, 0.25) is 5.75 Å². The van der Waals surface area contributed by atoms with Gasteiger partial charge >= 0.3 is 0 Å². The summed E-state index contributed by atoms with van der Waals surface area (Å²) >= 11 is 0. The summed E-state index contributed by atoms with van der Waals surface area (Å²) in [6, 6.07) is 9.27. The van der Waals surface area contributed by atoms with E-state index in [1.807, 2.05) is 13.0 Å². The number of nitriles is 1. The summed E-state index contributed by atoms with van der Waals surface area (Å²) < 4.78 is 7.49. The van der Waals surface area contributed by atoms with Gasteiger partial charge < -0.3 is 20.1 Å². The molecule has 0 radical (unpaired) electrons. The molecule has 1 amide bonds. The number of rotatable bonds is 8. The molecule has 12 heteroatoms. The molecule has 0 saturated carbocycles. The second-order valence-electron chi connectivity index (χ2n) is 9.65. The minimum Gasteiger partial charge on any atom is -0.501 e. The zero-order valence-electron chi connectivity index (χ0n) is 21.3. The maximum atomic E-state index is 13.0. The van der Waals surface area contributed by atoms with E-state index in [1.54, 1.807) is 49.1 Å². The molecule has 3 N–H and O–H groups in total. The average molecular weight is 518 g/mol. The summed E-state index contributed by atoms with van der Waals surface area (Å²) in [5.74, 6) is -2.49. The van der Waals surface area contributed by atoms with Gasteiger partial charge in [-0.3, -0.25) is 18.8 Å². The average Bonchev–Trinajstić information content (AvgIpc) is 3.54. The van der Waals surface area contributed by atoms with Gasteiger partial charge in [-0.2, -0.15) is 10.4 Å². The second kappa shape index (κ2) is 10.3. The van der Waals surface area contributed by atoms with E-state index in [4.69, 9.17) is 4.52 Å². The standard InChI is InChI=1S/C26H27N7O5/c1-15(23-31-21(22(34)25(36)32(23)4)24(35)30-18-11-29-38-13-18)20(19-8-6-5-7-16(19)9-27)17-10-28-33(12-17)14-26(2,3)37/h5-8,10-13,15,20,34,37H,14H2,1-4H3,(H,30,35)/t15-,20+/m0/s1. The molecule has 0 aliphatic rings. The monoisotopic (exact) mass is 517 g/mol. The van der Waals surface area contributed by atoms with Crippen molar-refractivity contribution >= 4 is 11.6 Å². The molecule has 38 heavy (non-hydrogen) atoms. The van der Waals surface area contributed by atoms with E-state index in [0.717, 1.165) is 0 Å². The first-order chi connectivity index (χ1) is 18.0. The van der Waals surface area contributed by atoms with E-state index in [9.17, 15) is 25.1 Å². The Morgan fingerprint density at radius 3 is 2.68 bits per heavy atom. The van der Waals surface area contributed by atoms with Crippen molar-refractivity contribution in [2.45, 2.75) is 44.8 Å². The van der Waals surface area contributed by atoms with Crippen LogP contribution in [0.1, 0.15) is 65.6 Å². The van der Waals surface area contributed by atoms with Crippen LogP contribution in [0, 0.1) is 11.3 Å². The molecular formula is C26H27N7O5. The number of amides is 1. The number of carbonyl (C=O) groups excluding carboxylic acids is 1. The van der Waals surface area contributed by atoms with Crippen molar-refractivity contribution in [1.29, 1.82) is 5.26 Å². The van der Waals surface area contributed by atoms with Crippen molar-refractivity contribution in [3.63, 3.8) is 0 Å². The maximum Gasteiger partial charge on any atom is 0.296 e. The zero-order valence-corrected chi connectivity index (χ0v) is 21.3. The number of benzene rings is 1. The number of nitrogens with one attached hydrogen (secondary N) is 1. The van der Waals surface area contributed by atoms with Crippen molar-refractivity contribution in [2.75, 3.05) is 5.32 Å². The van der Waals surface area contributed by atoms with Gasteiger partial charge in [-0.25, -0.2) is 4.98 Å². The summed E-state index contributed by atoms with van der Waals surface area (Å²) in [6.45, 7) is 5.38. The van der Waals surface area contributed by atoms with Gasteiger partial charge in [0.15, 0.2) is 5.69 Å². The predicted molar refractivity (Wildman–Crippen MR) is 136 cm³/mol. The number of aliphatic hydroxyl groups is 1. The van der Waals surface area contributed by atoms with Crippen LogP contribution in [0.25, 0.3) is 0 Å². The van der Waals surface area contributed by atoms with E-state index < -0.39 is 40.3 Å². The lowest BCUT2D eigenvalue weighted by molar-refractivity contribution is 0.0577. The lowest BCUT2D eigenvalue weighted by atomic mass is 9.80. The topological polar surface area (TPSA) is 172 Å². The third-order valence-electron chi connectivity index (χ3n) is 6.09. The third kappa shape index (κ3) is 5.33. The number of aromatic hydroxyl groups is 1. The summed E-state index contributed by atoms with van der Waals surface area (Å²) in [6.07, 6.45) is 5.86. The first kappa shape index (κ1) is 26.3. The quantitative estimate of drug-likeness (QED) is 0.317. The lowest BCUT2D eigenvalue weighted by Gasteiger charge is -2.26. The van der Waals surface area contributed by atoms with Crippen LogP contribution in [0.2, 0.25) is 0 Å². The van der Waals surface area contributed by atoms with Gasteiger partial charge in [-0.15, -0.1) is 0 Å². The molecule has 196 valence electrons. The number of hydrogen-bond donors (Lipinski definition) is 3. The zero-order chi connectivity index (χ0) is 27.6. The fourth-order valence-corrected chi connectivity index (χ4v) is 4.41. The highest BCUT2D eigenvalue weighted by Crippen LogP contribution is 2.39. The van der Waals surface area contributed by atoms with Crippen LogP contribution in [0.4, 0.5) is 5.69 Å². The normalized spacial score (nSPS) is 13.1. The highest BCUT2D eigenvalue weighted by atomic mass is 16.5. The predicted octanol–water partition coefficient (Wildman–Crippen LogP) is 2.50. The van der Waals surface area contributed by atoms with Gasteiger partial charge in [-0.1, -0.05) is 30.3 Å². The Morgan fingerprint density at radius 1 is 1.29 bits per heavy atom. The summed E-state index contributed by atoms with van der Waals surface area (Å²) in [5, 5.41) is 40.9. The van der Waals surface area contributed by atoms with Crippen molar-refractivity contribution in [3.8, 4) is 11.8 Å². The van der Waals surface area contributed by atoms with E-state index >= 15 is 0 Å². The van der Waals surface area contributed by atoms with Gasteiger partial charge in [0, 0.05) is 25.1 Å². The number of anilines is 1. The fourth-order valence-electron chi connectivity index (χ4n) is 4.41. The highest BCUT2D eigenvalue weighted by Gasteiger charge is 2.31. The molecule has 2 atom stereocenters. The molecular weight excluding hydrogens is 490 g/mol. The van der Waals surface area contributed by atoms with E-state index in [1.165, 1.54) is 24.1 Å². The minimum atomic E-state index is -1.01. The van der Waals surface area contributed by atoms with Gasteiger partial charge in [0.05, 0.1) is 36.2 Å². The molecule has 3 aromatic heterocycles. The Bertz CT molecular complexity index is 1560. The molecule has 0 fully saturated rings. The first-order valence-corrected chi connectivity index (χ1v) is 11.7. The van der Waals surface area contributed by atoms with Crippen LogP contribution < -0.4 is 10.9 Å². The Morgan fingerprint density at radius 2 is 2.03 bits per heavy atom. The molecule has 4 rings (SSSR count). The van der Waals surface area contributed by atoms with E-state index in [2.05, 4.69) is 26.6 Å². The van der Waals surface area contributed by atoms with Crippen LogP contribution in [0.3, 0.4) is 0 Å². The van der Waals surface area contributed by atoms with Crippen LogP contribution >= 0.6 is 0 Å². The molecule has 3 heterocycles. The second-order valence-corrected chi connectivity index (χ2v) is 9.65. The number of hydrogen-bond acceptors (Lipinski definition) is 9. The first-order valence-electron chi connectivity index (χ1n) is 11.7. The maximum absolute atomic E-state index is 13.0. The Labute approximate surface area is 217 Å². The van der Waals surface area contributed by atoms with Crippen molar-refractivity contribution in [2.24, 2.45) is 7.05 Å². The fraction of sp³-hybridized carbons (Fsp3) is 0.308. The number of nitrogens with zero attached hydrogens (tertiary/aromatic N) is 6. The van der Waals surface area contributed by atoms with Crippen LogP contribution in [-0.4, -0.2) is 46.2 Å². The molecule has 0 aliphatic carbocycles. The summed E-state index contributed by atoms with van der Waals surface area (Å²) in [4.78, 5) is 30.3. The Hall–Kier alpha value is -4.76.